The first kappa shape index (κ1) is 13.0. The lowest BCUT2D eigenvalue weighted by molar-refractivity contribution is 0.790. The van der Waals surface area contributed by atoms with Crippen molar-refractivity contribution in [3.05, 3.63) is 64.7 Å². The molecule has 0 aliphatic carbocycles. The maximum Gasteiger partial charge on any atom is 0.0406 e. The van der Waals surface area contributed by atoms with E-state index in [1.165, 1.54) is 16.8 Å². The van der Waals surface area contributed by atoms with E-state index in [2.05, 4.69) is 55.6 Å². The highest BCUT2D eigenvalue weighted by atomic mass is 35.5. The summed E-state index contributed by atoms with van der Waals surface area (Å²) in [7, 11) is 0. The normalized spacial score (nSPS) is 12.2. The molecule has 0 fully saturated rings. The van der Waals surface area contributed by atoms with Gasteiger partial charge in [0.25, 0.3) is 0 Å². The predicted octanol–water partition coefficient (Wildman–Crippen LogP) is 4.69. The first-order chi connectivity index (χ1) is 8.63. The fourth-order valence-electron chi connectivity index (χ4n) is 1.96. The molecule has 0 heterocycles. The quantitative estimate of drug-likeness (QED) is 0.840. The molecule has 0 aromatic heterocycles. The van der Waals surface area contributed by atoms with Crippen LogP contribution >= 0.6 is 11.6 Å². The number of hydrogen-bond donors (Lipinski definition) is 1. The monoisotopic (exact) mass is 259 g/mol. The number of nitrogens with one attached hydrogen (secondary N) is 1. The van der Waals surface area contributed by atoms with Gasteiger partial charge in [-0.15, -0.1) is 0 Å². The molecule has 0 aliphatic heterocycles. The van der Waals surface area contributed by atoms with E-state index >= 15 is 0 Å². The van der Waals surface area contributed by atoms with Crippen LogP contribution in [0.3, 0.4) is 0 Å². The van der Waals surface area contributed by atoms with Crippen molar-refractivity contribution in [3.63, 3.8) is 0 Å². The number of halogens is 1. The van der Waals surface area contributed by atoms with E-state index in [4.69, 9.17) is 11.6 Å². The van der Waals surface area contributed by atoms with Crippen LogP contribution in [0.5, 0.6) is 0 Å². The molecule has 2 heteroatoms. The van der Waals surface area contributed by atoms with Crippen molar-refractivity contribution < 1.29 is 0 Å². The van der Waals surface area contributed by atoms with E-state index in [1.54, 1.807) is 0 Å². The Morgan fingerprint density at radius 1 is 1.00 bits per heavy atom. The van der Waals surface area contributed by atoms with Gasteiger partial charge in [-0.3, -0.25) is 0 Å². The van der Waals surface area contributed by atoms with Gasteiger partial charge in [-0.2, -0.15) is 0 Å². The first-order valence-electron chi connectivity index (χ1n) is 6.21. The van der Waals surface area contributed by atoms with Crippen LogP contribution in [0, 0.1) is 6.92 Å². The number of hydrogen-bond acceptors (Lipinski definition) is 1. The summed E-state index contributed by atoms with van der Waals surface area (Å²) in [6, 6.07) is 16.9. The average molecular weight is 260 g/mol. The summed E-state index contributed by atoms with van der Waals surface area (Å²) in [6.45, 7) is 4.29. The first-order valence-corrected chi connectivity index (χ1v) is 6.59. The molecular weight excluding hydrogens is 242 g/mol. The van der Waals surface area contributed by atoms with E-state index < -0.39 is 0 Å². The van der Waals surface area contributed by atoms with Gasteiger partial charge in [0.1, 0.15) is 0 Å². The molecule has 2 aromatic carbocycles. The molecule has 1 atom stereocenters. The summed E-state index contributed by atoms with van der Waals surface area (Å²) >= 11 is 5.88. The fraction of sp³-hybridized carbons (Fsp3) is 0.250. The van der Waals surface area contributed by atoms with Crippen molar-refractivity contribution >= 4 is 17.3 Å². The Morgan fingerprint density at radius 3 is 2.22 bits per heavy atom. The van der Waals surface area contributed by atoms with E-state index in [0.717, 1.165) is 11.4 Å². The Morgan fingerprint density at radius 2 is 1.61 bits per heavy atom. The molecule has 0 spiro atoms. The van der Waals surface area contributed by atoms with Crippen molar-refractivity contribution in [1.82, 2.24) is 0 Å². The van der Waals surface area contributed by atoms with Crippen molar-refractivity contribution in [1.29, 1.82) is 0 Å². The predicted molar refractivity (Wildman–Crippen MR) is 79.4 cm³/mol. The highest BCUT2D eigenvalue weighted by molar-refractivity contribution is 6.30. The lowest BCUT2D eigenvalue weighted by Gasteiger charge is -2.15. The average Bonchev–Trinajstić information content (AvgIpc) is 2.35. The van der Waals surface area contributed by atoms with Crippen molar-refractivity contribution in [2.45, 2.75) is 26.3 Å². The second-order valence-corrected chi connectivity index (χ2v) is 5.18. The molecule has 0 radical (unpaired) electrons. The maximum atomic E-state index is 5.88. The van der Waals surface area contributed by atoms with Crippen LogP contribution < -0.4 is 5.32 Å². The molecule has 2 aromatic rings. The molecular formula is C16H18ClN. The number of aryl methyl sites for hydroxylation is 1. The lowest BCUT2D eigenvalue weighted by Crippen LogP contribution is -2.17. The Labute approximate surface area is 114 Å². The fourth-order valence-corrected chi connectivity index (χ4v) is 2.09. The third-order valence-electron chi connectivity index (χ3n) is 2.92. The van der Waals surface area contributed by atoms with Crippen LogP contribution in [-0.2, 0) is 6.42 Å². The molecule has 1 nitrogen and oxygen atoms in total. The largest absolute Gasteiger partial charge is 0.382 e. The number of benzene rings is 2. The highest BCUT2D eigenvalue weighted by Gasteiger charge is 2.03. The molecule has 94 valence electrons. The molecule has 0 saturated carbocycles. The van der Waals surface area contributed by atoms with Crippen LogP contribution in [0.25, 0.3) is 0 Å². The van der Waals surface area contributed by atoms with Crippen LogP contribution in [0.15, 0.2) is 48.5 Å². The van der Waals surface area contributed by atoms with Gasteiger partial charge in [0.2, 0.25) is 0 Å². The minimum absolute atomic E-state index is 0.397. The Hall–Kier alpha value is -1.47. The molecule has 1 N–H and O–H groups in total. The Balaban J connectivity index is 1.94. The standard InChI is InChI=1S/C16H18ClN/c1-12-3-9-16(10-4-12)18-13(2)11-14-5-7-15(17)8-6-14/h3-10,13,18H,11H2,1-2H3. The van der Waals surface area contributed by atoms with Crippen LogP contribution in [0.4, 0.5) is 5.69 Å². The van der Waals surface area contributed by atoms with Gasteiger partial charge in [-0.1, -0.05) is 41.4 Å². The van der Waals surface area contributed by atoms with Gasteiger partial charge < -0.3 is 5.32 Å². The molecule has 0 amide bonds. The summed E-state index contributed by atoms with van der Waals surface area (Å²) in [4.78, 5) is 0. The zero-order chi connectivity index (χ0) is 13.0. The van der Waals surface area contributed by atoms with Crippen LogP contribution in [-0.4, -0.2) is 6.04 Å². The second-order valence-electron chi connectivity index (χ2n) is 4.74. The van der Waals surface area contributed by atoms with Gasteiger partial charge in [0.05, 0.1) is 0 Å². The Kier molecular flexibility index (Phi) is 4.27. The minimum Gasteiger partial charge on any atom is -0.382 e. The summed E-state index contributed by atoms with van der Waals surface area (Å²) in [6.07, 6.45) is 0.991. The summed E-state index contributed by atoms with van der Waals surface area (Å²) in [5.41, 5.74) is 3.75. The molecule has 0 saturated heterocycles. The highest BCUT2D eigenvalue weighted by Crippen LogP contribution is 2.14. The third-order valence-corrected chi connectivity index (χ3v) is 3.17. The molecule has 0 aliphatic rings. The third kappa shape index (κ3) is 3.78. The molecule has 1 unspecified atom stereocenters. The summed E-state index contributed by atoms with van der Waals surface area (Å²) in [5, 5.41) is 4.29. The van der Waals surface area contributed by atoms with Gasteiger partial charge in [0.15, 0.2) is 0 Å². The van der Waals surface area contributed by atoms with Crippen molar-refractivity contribution in [2.24, 2.45) is 0 Å². The molecule has 2 rings (SSSR count). The van der Waals surface area contributed by atoms with Gasteiger partial charge in [-0.25, -0.2) is 0 Å². The second kappa shape index (κ2) is 5.92. The van der Waals surface area contributed by atoms with E-state index in [0.29, 0.717) is 6.04 Å². The van der Waals surface area contributed by atoms with E-state index in [1.807, 2.05) is 12.1 Å². The SMILES string of the molecule is Cc1ccc(NC(C)Cc2ccc(Cl)cc2)cc1. The van der Waals surface area contributed by atoms with Gasteiger partial charge in [-0.05, 0) is 50.1 Å². The molecule has 0 bridgehead atoms. The minimum atomic E-state index is 0.397. The maximum absolute atomic E-state index is 5.88. The van der Waals surface area contributed by atoms with Crippen molar-refractivity contribution in [2.75, 3.05) is 5.32 Å². The van der Waals surface area contributed by atoms with E-state index in [-0.39, 0.29) is 0 Å². The number of anilines is 1. The smallest absolute Gasteiger partial charge is 0.0406 e. The van der Waals surface area contributed by atoms with Crippen molar-refractivity contribution in [3.8, 4) is 0 Å². The topological polar surface area (TPSA) is 12.0 Å². The van der Waals surface area contributed by atoms with E-state index in [9.17, 15) is 0 Å². The van der Waals surface area contributed by atoms with Gasteiger partial charge in [0, 0.05) is 16.8 Å². The Bertz CT molecular complexity index is 440. The van der Waals surface area contributed by atoms with Crippen LogP contribution in [0.2, 0.25) is 5.02 Å². The molecule has 18 heavy (non-hydrogen) atoms. The van der Waals surface area contributed by atoms with Crippen LogP contribution in [0.1, 0.15) is 18.1 Å². The van der Waals surface area contributed by atoms with Gasteiger partial charge >= 0.3 is 0 Å². The lowest BCUT2D eigenvalue weighted by atomic mass is 10.1. The summed E-state index contributed by atoms with van der Waals surface area (Å²) in [5.74, 6) is 0. The zero-order valence-electron chi connectivity index (χ0n) is 10.8. The number of rotatable bonds is 4. The zero-order valence-corrected chi connectivity index (χ0v) is 11.5. The summed E-state index contributed by atoms with van der Waals surface area (Å²) < 4.78 is 0.